The molecule has 0 fully saturated rings. The number of allylic oxidation sites excluding steroid dienone is 2. The lowest BCUT2D eigenvalue weighted by Gasteiger charge is -1.91. The Kier molecular flexibility index (Phi) is 5.17. The minimum Gasteiger partial charge on any atom is -0.450 e. The first-order valence-corrected chi connectivity index (χ1v) is 8.65. The monoisotopic (exact) mass is 346 g/mol. The predicted octanol–water partition coefficient (Wildman–Crippen LogP) is 5.75. The molecule has 1 aromatic carbocycles. The standard InChI is InChI=1S/C19H16N4O.C2H6/c1-3-4-7-13-12(2)20-18(21-13)16-10-11-17(24-16)19-22-14-8-5-6-9-15(14)23-19;1-2/h3-11H,1H2,2H3,(H,20,21)(H,22,23);1-2H3/b7-4-;. The summed E-state index contributed by atoms with van der Waals surface area (Å²) in [6.07, 6.45) is 5.49. The van der Waals surface area contributed by atoms with Crippen molar-refractivity contribution >= 4 is 17.1 Å². The summed E-state index contributed by atoms with van der Waals surface area (Å²) in [7, 11) is 0. The highest BCUT2D eigenvalue weighted by molar-refractivity contribution is 5.78. The molecule has 0 spiro atoms. The molecule has 5 heteroatoms. The molecule has 0 amide bonds. The van der Waals surface area contributed by atoms with Gasteiger partial charge in [0.05, 0.1) is 16.7 Å². The Bertz CT molecular complexity index is 1020. The van der Waals surface area contributed by atoms with E-state index in [1.54, 1.807) is 6.08 Å². The van der Waals surface area contributed by atoms with Crippen LogP contribution in [-0.4, -0.2) is 19.9 Å². The number of para-hydroxylation sites is 2. The van der Waals surface area contributed by atoms with Crippen LogP contribution in [0.4, 0.5) is 0 Å². The average molecular weight is 346 g/mol. The molecule has 4 rings (SSSR count). The van der Waals surface area contributed by atoms with Crippen molar-refractivity contribution in [2.24, 2.45) is 0 Å². The van der Waals surface area contributed by atoms with Crippen LogP contribution < -0.4 is 0 Å². The Morgan fingerprint density at radius 2 is 1.65 bits per heavy atom. The summed E-state index contributed by atoms with van der Waals surface area (Å²) in [5.41, 5.74) is 3.74. The highest BCUT2D eigenvalue weighted by atomic mass is 16.3. The Labute approximate surface area is 152 Å². The van der Waals surface area contributed by atoms with Crippen LogP contribution in [0.3, 0.4) is 0 Å². The second-order valence-electron chi connectivity index (χ2n) is 5.46. The van der Waals surface area contributed by atoms with Gasteiger partial charge in [0, 0.05) is 5.69 Å². The lowest BCUT2D eigenvalue weighted by atomic mass is 10.3. The molecule has 26 heavy (non-hydrogen) atoms. The number of aryl methyl sites for hydroxylation is 1. The van der Waals surface area contributed by atoms with Crippen molar-refractivity contribution in [1.82, 2.24) is 19.9 Å². The molecule has 0 atom stereocenters. The number of fused-ring (bicyclic) bond motifs is 1. The maximum Gasteiger partial charge on any atom is 0.174 e. The van der Waals surface area contributed by atoms with Gasteiger partial charge < -0.3 is 14.4 Å². The summed E-state index contributed by atoms with van der Waals surface area (Å²) in [6.45, 7) is 9.65. The van der Waals surface area contributed by atoms with E-state index in [9.17, 15) is 0 Å². The SMILES string of the molecule is C=C/C=C\c1nc(-c2ccc(-c3nc4ccccc4[nH]3)o2)[nH]c1C.CC. The maximum absolute atomic E-state index is 5.93. The second-order valence-corrected chi connectivity index (χ2v) is 5.46. The van der Waals surface area contributed by atoms with E-state index in [1.807, 2.05) is 69.3 Å². The smallest absolute Gasteiger partial charge is 0.174 e. The molecular formula is C21H22N4O. The van der Waals surface area contributed by atoms with E-state index < -0.39 is 0 Å². The van der Waals surface area contributed by atoms with E-state index in [2.05, 4.69) is 26.5 Å². The molecule has 3 heterocycles. The summed E-state index contributed by atoms with van der Waals surface area (Å²) < 4.78 is 5.93. The van der Waals surface area contributed by atoms with Crippen LogP contribution >= 0.6 is 0 Å². The Morgan fingerprint density at radius 1 is 0.962 bits per heavy atom. The number of imidazole rings is 2. The van der Waals surface area contributed by atoms with Crippen molar-refractivity contribution in [2.75, 3.05) is 0 Å². The van der Waals surface area contributed by atoms with E-state index in [4.69, 9.17) is 4.42 Å². The molecule has 0 bridgehead atoms. The molecule has 0 aliphatic rings. The van der Waals surface area contributed by atoms with Gasteiger partial charge in [0.2, 0.25) is 0 Å². The van der Waals surface area contributed by atoms with Gasteiger partial charge in [0.1, 0.15) is 0 Å². The zero-order valence-corrected chi connectivity index (χ0v) is 15.2. The molecule has 0 aliphatic carbocycles. The van der Waals surface area contributed by atoms with Gasteiger partial charge >= 0.3 is 0 Å². The lowest BCUT2D eigenvalue weighted by molar-refractivity contribution is 0.589. The van der Waals surface area contributed by atoms with Gasteiger partial charge in [-0.05, 0) is 37.3 Å². The fraction of sp³-hybridized carbons (Fsp3) is 0.143. The zero-order valence-electron chi connectivity index (χ0n) is 15.2. The number of aromatic amines is 2. The van der Waals surface area contributed by atoms with Gasteiger partial charge in [-0.2, -0.15) is 0 Å². The molecule has 0 aliphatic heterocycles. The first kappa shape index (κ1) is 17.5. The minimum absolute atomic E-state index is 0.673. The third-order valence-corrected chi connectivity index (χ3v) is 3.77. The van der Waals surface area contributed by atoms with Crippen LogP contribution in [0, 0.1) is 6.92 Å². The summed E-state index contributed by atoms with van der Waals surface area (Å²) >= 11 is 0. The quantitative estimate of drug-likeness (QED) is 0.462. The third-order valence-electron chi connectivity index (χ3n) is 3.77. The minimum atomic E-state index is 0.673. The number of H-pyrrole nitrogens is 2. The molecule has 2 N–H and O–H groups in total. The first-order chi connectivity index (χ1) is 12.7. The van der Waals surface area contributed by atoms with Crippen LogP contribution in [-0.2, 0) is 0 Å². The number of nitrogens with zero attached hydrogens (tertiary/aromatic N) is 2. The molecular weight excluding hydrogens is 324 g/mol. The largest absolute Gasteiger partial charge is 0.450 e. The molecule has 0 saturated heterocycles. The lowest BCUT2D eigenvalue weighted by Crippen LogP contribution is -1.77. The highest BCUT2D eigenvalue weighted by Crippen LogP contribution is 2.27. The third kappa shape index (κ3) is 3.37. The topological polar surface area (TPSA) is 70.5 Å². The van der Waals surface area contributed by atoms with Crippen molar-refractivity contribution in [2.45, 2.75) is 20.8 Å². The molecule has 5 nitrogen and oxygen atoms in total. The van der Waals surface area contributed by atoms with E-state index >= 15 is 0 Å². The van der Waals surface area contributed by atoms with E-state index in [0.29, 0.717) is 23.2 Å². The van der Waals surface area contributed by atoms with E-state index in [0.717, 1.165) is 22.4 Å². The molecule has 132 valence electrons. The van der Waals surface area contributed by atoms with Crippen molar-refractivity contribution in [3.63, 3.8) is 0 Å². The number of furan rings is 1. The summed E-state index contributed by atoms with van der Waals surface area (Å²) in [5.74, 6) is 2.75. The van der Waals surface area contributed by atoms with Crippen molar-refractivity contribution in [3.8, 4) is 23.2 Å². The van der Waals surface area contributed by atoms with Crippen LogP contribution in [0.2, 0.25) is 0 Å². The zero-order chi connectivity index (χ0) is 18.5. The highest BCUT2D eigenvalue weighted by Gasteiger charge is 2.13. The number of nitrogens with one attached hydrogen (secondary N) is 2. The van der Waals surface area contributed by atoms with Gasteiger partial charge in [-0.3, -0.25) is 0 Å². The van der Waals surface area contributed by atoms with Crippen molar-refractivity contribution in [1.29, 1.82) is 0 Å². The van der Waals surface area contributed by atoms with Crippen LogP contribution in [0.15, 0.2) is 59.5 Å². The molecule has 4 aromatic rings. The van der Waals surface area contributed by atoms with Crippen molar-refractivity contribution in [3.05, 3.63) is 66.5 Å². The molecule has 0 radical (unpaired) electrons. The van der Waals surface area contributed by atoms with Gasteiger partial charge in [-0.1, -0.05) is 44.7 Å². The number of benzene rings is 1. The molecule has 0 saturated carbocycles. The summed E-state index contributed by atoms with van der Waals surface area (Å²) in [4.78, 5) is 15.6. The van der Waals surface area contributed by atoms with E-state index in [1.165, 1.54) is 0 Å². The van der Waals surface area contributed by atoms with Gasteiger partial charge in [-0.15, -0.1) is 0 Å². The van der Waals surface area contributed by atoms with Gasteiger partial charge in [-0.25, -0.2) is 9.97 Å². The van der Waals surface area contributed by atoms with E-state index in [-0.39, 0.29) is 0 Å². The fourth-order valence-corrected chi connectivity index (χ4v) is 2.57. The number of hydrogen-bond donors (Lipinski definition) is 2. The van der Waals surface area contributed by atoms with Gasteiger partial charge in [0.25, 0.3) is 0 Å². The number of hydrogen-bond acceptors (Lipinski definition) is 3. The van der Waals surface area contributed by atoms with Crippen molar-refractivity contribution < 1.29 is 4.42 Å². The summed E-state index contributed by atoms with van der Waals surface area (Å²) in [5, 5.41) is 0. The van der Waals surface area contributed by atoms with Crippen LogP contribution in [0.25, 0.3) is 40.3 Å². The predicted molar refractivity (Wildman–Crippen MR) is 107 cm³/mol. The first-order valence-electron chi connectivity index (χ1n) is 8.65. The second kappa shape index (κ2) is 7.70. The van der Waals surface area contributed by atoms with Crippen LogP contribution in [0.5, 0.6) is 0 Å². The Hall–Kier alpha value is -3.34. The normalized spacial score (nSPS) is 10.9. The molecule has 3 aromatic heterocycles. The molecule has 0 unspecified atom stereocenters. The number of rotatable bonds is 4. The average Bonchev–Trinajstić information content (AvgIpc) is 3.39. The number of aromatic nitrogens is 4. The van der Waals surface area contributed by atoms with Gasteiger partial charge in [0.15, 0.2) is 23.2 Å². The Morgan fingerprint density at radius 3 is 2.35 bits per heavy atom. The fourth-order valence-electron chi connectivity index (χ4n) is 2.57. The maximum atomic E-state index is 5.93. The Balaban J connectivity index is 0.000000948. The summed E-state index contributed by atoms with van der Waals surface area (Å²) in [6, 6.07) is 11.7. The van der Waals surface area contributed by atoms with Crippen LogP contribution in [0.1, 0.15) is 25.2 Å².